The van der Waals surface area contributed by atoms with Crippen molar-refractivity contribution in [1.29, 1.82) is 0 Å². The van der Waals surface area contributed by atoms with Crippen LogP contribution in [0.25, 0.3) is 0 Å². The van der Waals surface area contributed by atoms with E-state index in [0.717, 1.165) is 25.8 Å². The number of hydrogen-bond acceptors (Lipinski definition) is 4. The molecule has 1 aliphatic rings. The number of hydrogen-bond donors (Lipinski definition) is 1. The smallest absolute Gasteiger partial charge is 0.341 e. The highest BCUT2D eigenvalue weighted by Crippen LogP contribution is 2.32. The van der Waals surface area contributed by atoms with Gasteiger partial charge >= 0.3 is 5.76 Å². The number of piperidine rings is 1. The molecule has 0 aliphatic carbocycles. The molecule has 1 saturated heterocycles. The van der Waals surface area contributed by atoms with E-state index in [2.05, 4.69) is 5.32 Å². The first-order chi connectivity index (χ1) is 10.5. The van der Waals surface area contributed by atoms with E-state index in [9.17, 15) is 17.2 Å². The predicted octanol–water partition coefficient (Wildman–Crippen LogP) is 2.51. The molecule has 124 valence electrons. The standard InChI is InChI=1S/C15H22F2N2O2S/c1-18-9-6-12-7-10-19(11-8-12)13-4-2-3-5-14(13)22(20,21)15(16)17/h2-5,12,15,18H,6-11H2,1H3. The van der Waals surface area contributed by atoms with Crippen molar-refractivity contribution in [1.82, 2.24) is 5.32 Å². The van der Waals surface area contributed by atoms with Crippen molar-refractivity contribution >= 4 is 15.5 Å². The molecular formula is C15H22F2N2O2S. The maximum absolute atomic E-state index is 12.8. The molecular weight excluding hydrogens is 310 g/mol. The zero-order chi connectivity index (χ0) is 16.2. The van der Waals surface area contributed by atoms with Gasteiger partial charge in [-0.25, -0.2) is 8.42 Å². The molecule has 0 bridgehead atoms. The Balaban J connectivity index is 2.15. The molecule has 0 saturated carbocycles. The maximum atomic E-state index is 12.8. The lowest BCUT2D eigenvalue weighted by molar-refractivity contribution is 0.234. The lowest BCUT2D eigenvalue weighted by Crippen LogP contribution is -2.35. The first-order valence-electron chi connectivity index (χ1n) is 7.47. The number of alkyl halides is 2. The minimum Gasteiger partial charge on any atom is -0.370 e. The third-order valence-electron chi connectivity index (χ3n) is 4.16. The summed E-state index contributed by atoms with van der Waals surface area (Å²) in [5.74, 6) is -2.79. The fourth-order valence-electron chi connectivity index (χ4n) is 2.87. The summed E-state index contributed by atoms with van der Waals surface area (Å²) >= 11 is 0. The Labute approximate surface area is 130 Å². The molecule has 1 aromatic rings. The number of halogens is 2. The summed E-state index contributed by atoms with van der Waals surface area (Å²) in [5.41, 5.74) is 0.398. The Morgan fingerprint density at radius 3 is 2.50 bits per heavy atom. The predicted molar refractivity (Wildman–Crippen MR) is 83.1 cm³/mol. The van der Waals surface area contributed by atoms with Gasteiger partial charge in [0.25, 0.3) is 0 Å². The number of benzene rings is 1. The van der Waals surface area contributed by atoms with Gasteiger partial charge in [0.2, 0.25) is 9.84 Å². The third kappa shape index (κ3) is 3.76. The summed E-state index contributed by atoms with van der Waals surface area (Å²) < 4.78 is 49.3. The van der Waals surface area contributed by atoms with Gasteiger partial charge in [-0.3, -0.25) is 0 Å². The van der Waals surface area contributed by atoms with Crippen LogP contribution < -0.4 is 10.2 Å². The average molecular weight is 332 g/mol. The summed E-state index contributed by atoms with van der Waals surface area (Å²) in [5, 5.41) is 3.12. The van der Waals surface area contributed by atoms with Crippen molar-refractivity contribution in [2.75, 3.05) is 31.6 Å². The molecule has 0 amide bonds. The average Bonchev–Trinajstić information content (AvgIpc) is 2.53. The number of nitrogens with zero attached hydrogens (tertiary/aromatic N) is 1. The van der Waals surface area contributed by atoms with Crippen molar-refractivity contribution < 1.29 is 17.2 Å². The highest BCUT2D eigenvalue weighted by atomic mass is 32.2. The van der Waals surface area contributed by atoms with Crippen molar-refractivity contribution in [3.05, 3.63) is 24.3 Å². The van der Waals surface area contributed by atoms with E-state index in [-0.39, 0.29) is 4.90 Å². The van der Waals surface area contributed by atoms with E-state index in [1.165, 1.54) is 12.1 Å². The minimum atomic E-state index is -4.57. The van der Waals surface area contributed by atoms with E-state index in [4.69, 9.17) is 0 Å². The summed E-state index contributed by atoms with van der Waals surface area (Å²) in [6.07, 6.45) is 2.98. The first kappa shape index (κ1) is 17.1. The van der Waals surface area contributed by atoms with Gasteiger partial charge in [0.05, 0.1) is 10.6 Å². The van der Waals surface area contributed by atoms with E-state index in [0.29, 0.717) is 24.7 Å². The molecule has 2 rings (SSSR count). The van der Waals surface area contributed by atoms with Crippen LogP contribution in [0.15, 0.2) is 29.2 Å². The molecule has 22 heavy (non-hydrogen) atoms. The van der Waals surface area contributed by atoms with Crippen LogP contribution in [-0.2, 0) is 9.84 Å². The highest BCUT2D eigenvalue weighted by Gasteiger charge is 2.31. The van der Waals surface area contributed by atoms with Crippen molar-refractivity contribution in [3.8, 4) is 0 Å². The first-order valence-corrected chi connectivity index (χ1v) is 9.02. The van der Waals surface area contributed by atoms with Gasteiger partial charge in [-0.2, -0.15) is 8.78 Å². The fraction of sp³-hybridized carbons (Fsp3) is 0.600. The lowest BCUT2D eigenvalue weighted by atomic mass is 9.93. The van der Waals surface area contributed by atoms with Crippen LogP contribution in [0.3, 0.4) is 0 Å². The van der Waals surface area contributed by atoms with E-state index in [1.54, 1.807) is 12.1 Å². The quantitative estimate of drug-likeness (QED) is 0.870. The fourth-order valence-corrected chi connectivity index (χ4v) is 3.81. The molecule has 1 aromatic carbocycles. The summed E-state index contributed by atoms with van der Waals surface area (Å²) in [6, 6.07) is 6.05. The summed E-state index contributed by atoms with van der Waals surface area (Å²) in [7, 11) is -2.65. The van der Waals surface area contributed by atoms with Gasteiger partial charge in [0.15, 0.2) is 0 Å². The third-order valence-corrected chi connectivity index (χ3v) is 5.59. The van der Waals surface area contributed by atoms with Crippen molar-refractivity contribution in [2.45, 2.75) is 29.9 Å². The largest absolute Gasteiger partial charge is 0.370 e. The normalized spacial score (nSPS) is 17.2. The van der Waals surface area contributed by atoms with Gasteiger partial charge in [-0.15, -0.1) is 0 Å². The van der Waals surface area contributed by atoms with Crippen LogP contribution in [0.4, 0.5) is 14.5 Å². The SMILES string of the molecule is CNCCC1CCN(c2ccccc2S(=O)(=O)C(F)F)CC1. The molecule has 1 fully saturated rings. The molecule has 0 aromatic heterocycles. The molecule has 1 aliphatic heterocycles. The molecule has 1 N–H and O–H groups in total. The summed E-state index contributed by atoms with van der Waals surface area (Å²) in [6.45, 7) is 2.36. The zero-order valence-corrected chi connectivity index (χ0v) is 13.5. The number of sulfone groups is 1. The highest BCUT2D eigenvalue weighted by molar-refractivity contribution is 7.91. The topological polar surface area (TPSA) is 49.4 Å². The summed E-state index contributed by atoms with van der Waals surface area (Å²) in [4.78, 5) is 1.64. The maximum Gasteiger partial charge on any atom is 0.341 e. The second kappa shape index (κ2) is 7.37. The van der Waals surface area contributed by atoms with Crippen LogP contribution in [-0.4, -0.2) is 40.9 Å². The molecule has 0 unspecified atom stereocenters. The van der Waals surface area contributed by atoms with Gasteiger partial charge in [-0.1, -0.05) is 12.1 Å². The van der Waals surface area contributed by atoms with E-state index < -0.39 is 15.6 Å². The Kier molecular flexibility index (Phi) is 5.74. The van der Waals surface area contributed by atoms with Crippen LogP contribution in [0.5, 0.6) is 0 Å². The number of nitrogens with one attached hydrogen (secondary N) is 1. The molecule has 4 nitrogen and oxygen atoms in total. The molecule has 0 spiro atoms. The minimum absolute atomic E-state index is 0.265. The van der Waals surface area contributed by atoms with Crippen LogP contribution >= 0.6 is 0 Å². The van der Waals surface area contributed by atoms with Gasteiger partial charge in [-0.05, 0) is 50.9 Å². The number of rotatable bonds is 6. The van der Waals surface area contributed by atoms with Gasteiger partial charge < -0.3 is 10.2 Å². The molecule has 1 heterocycles. The molecule has 0 radical (unpaired) electrons. The second-order valence-electron chi connectivity index (χ2n) is 5.60. The van der Waals surface area contributed by atoms with Gasteiger partial charge in [0, 0.05) is 13.1 Å². The van der Waals surface area contributed by atoms with Crippen LogP contribution in [0.2, 0.25) is 0 Å². The Morgan fingerprint density at radius 1 is 1.27 bits per heavy atom. The Morgan fingerprint density at radius 2 is 1.91 bits per heavy atom. The van der Waals surface area contributed by atoms with Crippen molar-refractivity contribution in [2.24, 2.45) is 5.92 Å². The lowest BCUT2D eigenvalue weighted by Gasteiger charge is -2.34. The molecule has 0 atom stereocenters. The Hall–Kier alpha value is -1.21. The van der Waals surface area contributed by atoms with Gasteiger partial charge in [0.1, 0.15) is 0 Å². The van der Waals surface area contributed by atoms with Crippen LogP contribution in [0.1, 0.15) is 19.3 Å². The number of para-hydroxylation sites is 1. The van der Waals surface area contributed by atoms with Crippen LogP contribution in [0, 0.1) is 5.92 Å². The van der Waals surface area contributed by atoms with E-state index >= 15 is 0 Å². The zero-order valence-electron chi connectivity index (χ0n) is 12.6. The molecule has 7 heteroatoms. The van der Waals surface area contributed by atoms with Crippen molar-refractivity contribution in [3.63, 3.8) is 0 Å². The second-order valence-corrected chi connectivity index (χ2v) is 7.48. The monoisotopic (exact) mass is 332 g/mol. The number of anilines is 1. The Bertz CT molecular complexity index is 585. The van der Waals surface area contributed by atoms with E-state index in [1.807, 2.05) is 11.9 Å².